The van der Waals surface area contributed by atoms with Crippen molar-refractivity contribution in [1.29, 1.82) is 0 Å². The number of thioether (sulfide) groups is 1. The zero-order chi connectivity index (χ0) is 102. The Kier molecular flexibility index (Phi) is 47.6. The summed E-state index contributed by atoms with van der Waals surface area (Å²) in [6, 6.07) is 0.276. The fraction of sp³-hybridized carbons (Fsp3) is 0.547. The number of aliphatic imine (C=N–C) groups is 8. The van der Waals surface area contributed by atoms with E-state index in [0.29, 0.717) is 151 Å². The molecule has 8 atom stereocenters. The lowest BCUT2D eigenvalue weighted by atomic mass is 9.98. The Hall–Kier alpha value is -11.1. The van der Waals surface area contributed by atoms with Crippen molar-refractivity contribution in [2.45, 2.75) is 266 Å². The minimum absolute atomic E-state index is 0.0862. The molecule has 8 aliphatic heterocycles. The van der Waals surface area contributed by atoms with Gasteiger partial charge in [0.2, 0.25) is 0 Å². The van der Waals surface area contributed by atoms with Crippen molar-refractivity contribution >= 4 is 153 Å². The molecule has 16 heterocycles. The topological polar surface area (TPSA) is 530 Å². The molecule has 766 valence electrons. The SMILES string of the molecule is CC(C)SC[C@H](CO)CCc1c[nH]c2c1N=CCC2=O.CCC(CO)CCc1c[nH]c2c1N=CCC2=O.CCC(CO)CCc1c[nH]c2c1N=CCC2=O.CCC(CO)N(C)Cc1c[nH]c2c1N=CCC2=O.CC[C@@H](CO)CCc1c[nH]c2c1N=CCC2=O.CC[C@@H](CO)CCc1c[nH]c2c1N=CCC2=O.CC[C@@H](CO)N(C)Cc1c[nH]c2c1N=CCC2=O.CC[C@H](CO)CCc1c[nH]c2c1N=CCC2=O. The molecular formula is C106H150N18O16S. The first-order valence-corrected chi connectivity index (χ1v) is 51.3. The minimum Gasteiger partial charge on any atom is -0.396 e. The average molecular weight is 1960 g/mol. The van der Waals surface area contributed by atoms with Gasteiger partial charge in [0.15, 0.2) is 46.3 Å². The van der Waals surface area contributed by atoms with E-state index in [4.69, 9.17) is 25.5 Å². The number of nitrogens with one attached hydrogen (secondary N) is 8. The van der Waals surface area contributed by atoms with Gasteiger partial charge in [-0.25, -0.2) is 0 Å². The van der Waals surface area contributed by atoms with E-state index in [0.717, 1.165) is 218 Å². The van der Waals surface area contributed by atoms with Crippen LogP contribution in [0.2, 0.25) is 0 Å². The largest absolute Gasteiger partial charge is 0.396 e. The van der Waals surface area contributed by atoms with Gasteiger partial charge in [0.05, 0.1) is 58.7 Å². The lowest BCUT2D eigenvalue weighted by Gasteiger charge is -2.25. The first-order valence-electron chi connectivity index (χ1n) is 50.2. The maximum atomic E-state index is 11.7. The number of aryl methyl sites for hydroxylation is 6. The lowest BCUT2D eigenvalue weighted by Crippen LogP contribution is -2.33. The number of likely N-dealkylation sites (N-methyl/N-ethyl adjacent to an activating group) is 2. The van der Waals surface area contributed by atoms with Crippen LogP contribution in [0.25, 0.3) is 0 Å². The molecule has 0 bridgehead atoms. The quantitative estimate of drug-likeness (QED) is 0.0169. The number of aromatic amines is 8. The highest BCUT2D eigenvalue weighted by Gasteiger charge is 2.30. The highest BCUT2D eigenvalue weighted by molar-refractivity contribution is 7.99. The molecule has 0 radical (unpaired) electrons. The number of fused-ring (bicyclic) bond motifs is 8. The molecule has 141 heavy (non-hydrogen) atoms. The number of aliphatic hydroxyl groups is 8. The van der Waals surface area contributed by atoms with Crippen LogP contribution in [0, 0.1) is 35.5 Å². The number of ketones is 8. The third-order valence-electron chi connectivity index (χ3n) is 27.1. The molecule has 34 nitrogen and oxygen atoms in total. The summed E-state index contributed by atoms with van der Waals surface area (Å²) >= 11 is 1.88. The first kappa shape index (κ1) is 114. The van der Waals surface area contributed by atoms with Crippen LogP contribution in [0.4, 0.5) is 45.5 Å². The average Bonchev–Trinajstić information content (AvgIpc) is 1.70. The van der Waals surface area contributed by atoms with Crippen LogP contribution in [0.1, 0.15) is 326 Å². The highest BCUT2D eigenvalue weighted by atomic mass is 32.2. The molecule has 35 heteroatoms. The summed E-state index contributed by atoms with van der Waals surface area (Å²) in [5.74, 6) is 3.78. The van der Waals surface area contributed by atoms with E-state index in [9.17, 15) is 53.7 Å². The van der Waals surface area contributed by atoms with Crippen LogP contribution in [-0.4, -0.2) is 277 Å². The van der Waals surface area contributed by atoms with Gasteiger partial charge in [-0.05, 0) is 184 Å². The summed E-state index contributed by atoms with van der Waals surface area (Å²) in [7, 11) is 3.94. The summed E-state index contributed by atoms with van der Waals surface area (Å²) in [6.45, 7) is 21.8. The molecule has 8 aromatic rings. The molecule has 0 saturated heterocycles. The van der Waals surface area contributed by atoms with Gasteiger partial charge in [-0.1, -0.05) is 94.4 Å². The van der Waals surface area contributed by atoms with Crippen molar-refractivity contribution in [2.24, 2.45) is 75.4 Å². The van der Waals surface area contributed by atoms with Crippen molar-refractivity contribution in [1.82, 2.24) is 49.7 Å². The summed E-state index contributed by atoms with van der Waals surface area (Å²) in [5.41, 5.74) is 19.8. The van der Waals surface area contributed by atoms with Crippen molar-refractivity contribution < 1.29 is 79.2 Å². The summed E-state index contributed by atoms with van der Waals surface area (Å²) in [6.07, 6.45) is 48.7. The van der Waals surface area contributed by atoms with E-state index in [1.54, 1.807) is 49.7 Å². The van der Waals surface area contributed by atoms with Gasteiger partial charge in [-0.3, -0.25) is 88.1 Å². The molecule has 0 amide bonds. The number of Topliss-reactive ketones (excluding diaryl/α,β-unsaturated/α-hetero) is 8. The Labute approximate surface area is 831 Å². The minimum atomic E-state index is 0.0862. The molecule has 8 aliphatic rings. The second-order valence-corrected chi connectivity index (χ2v) is 38.7. The third-order valence-corrected chi connectivity index (χ3v) is 28.5. The van der Waals surface area contributed by atoms with Gasteiger partial charge < -0.3 is 80.7 Å². The summed E-state index contributed by atoms with van der Waals surface area (Å²) in [5, 5.41) is 74.3. The number of aliphatic hydroxyl groups excluding tert-OH is 8. The van der Waals surface area contributed by atoms with Crippen LogP contribution in [0.5, 0.6) is 0 Å². The number of carbonyl (C=O) groups is 8. The number of aromatic nitrogens is 8. The zero-order valence-electron chi connectivity index (χ0n) is 84.0. The molecule has 0 saturated carbocycles. The number of carbonyl (C=O) groups excluding carboxylic acids is 8. The van der Waals surface area contributed by atoms with Gasteiger partial charge in [-0.2, -0.15) is 11.8 Å². The summed E-state index contributed by atoms with van der Waals surface area (Å²) < 4.78 is 0. The Bertz CT molecular complexity index is 5030. The third kappa shape index (κ3) is 32.2. The molecule has 16 N–H and O–H groups in total. The van der Waals surface area contributed by atoms with Crippen LogP contribution in [0.3, 0.4) is 0 Å². The van der Waals surface area contributed by atoms with Crippen LogP contribution in [-0.2, 0) is 51.6 Å². The second kappa shape index (κ2) is 59.1. The molecule has 0 fully saturated rings. The van der Waals surface area contributed by atoms with Gasteiger partial charge in [0.25, 0.3) is 0 Å². The normalized spacial score (nSPS) is 16.0. The van der Waals surface area contributed by atoms with Crippen molar-refractivity contribution in [2.75, 3.05) is 72.7 Å². The van der Waals surface area contributed by atoms with E-state index in [2.05, 4.69) is 138 Å². The lowest BCUT2D eigenvalue weighted by molar-refractivity contribution is 0.0988. The van der Waals surface area contributed by atoms with E-state index in [1.165, 1.54) is 0 Å². The molecule has 3 unspecified atom stereocenters. The number of nitrogens with zero attached hydrogens (tertiary/aromatic N) is 10. The zero-order valence-corrected chi connectivity index (χ0v) is 84.8. The summed E-state index contributed by atoms with van der Waals surface area (Å²) in [4.78, 5) is 156. The van der Waals surface area contributed by atoms with E-state index < -0.39 is 0 Å². The van der Waals surface area contributed by atoms with Gasteiger partial charge in [-0.15, -0.1) is 0 Å². The standard InChI is InChI=1S/C15H22N2O2S.2C13H19N3O2.5C13H18N2O2/c1-10(2)20-9-11(8-18)3-4-12-7-17-15-13(19)5-6-16-14(12)15;2*1-3-10(8-17)16(2)7-9-6-15-13-11(18)4-5-14-12(9)13;5*1-2-9(8-16)3-4-10-7-15-13-11(17)5-6-14-12(10)13/h6-7,10-11,17-18H,3-5,8-9H2,1-2H3;2*5-6,10,15,17H,3-4,7-8H2,1-2H3;5*6-7,9,15-16H,2-5,8H2,1H3/t11-;10-;;3*9-;;/m00.110../s1. The van der Waals surface area contributed by atoms with Crippen molar-refractivity contribution in [3.8, 4) is 0 Å². The smallest absolute Gasteiger partial charge is 0.186 e. The van der Waals surface area contributed by atoms with E-state index in [-0.39, 0.29) is 111 Å². The first-order chi connectivity index (χ1) is 68.2. The van der Waals surface area contributed by atoms with E-state index >= 15 is 0 Å². The maximum absolute atomic E-state index is 11.7. The van der Waals surface area contributed by atoms with Gasteiger partial charge in [0, 0.05) is 227 Å². The second-order valence-electron chi connectivity index (χ2n) is 37.1. The van der Waals surface area contributed by atoms with Crippen molar-refractivity contribution in [3.63, 3.8) is 0 Å². The fourth-order valence-electron chi connectivity index (χ4n) is 17.3. The maximum Gasteiger partial charge on any atom is 0.186 e. The molecule has 16 rings (SSSR count). The van der Waals surface area contributed by atoms with Crippen LogP contribution < -0.4 is 0 Å². The highest BCUT2D eigenvalue weighted by Crippen LogP contribution is 2.38. The molecule has 0 aliphatic carbocycles. The predicted octanol–water partition coefficient (Wildman–Crippen LogP) is 17.3. The number of rotatable bonds is 42. The van der Waals surface area contributed by atoms with E-state index in [1.807, 2.05) is 89.3 Å². The van der Waals surface area contributed by atoms with Gasteiger partial charge >= 0.3 is 0 Å². The molecule has 0 spiro atoms. The Morgan fingerprint density at radius 1 is 0.262 bits per heavy atom. The molecule has 8 aromatic heterocycles. The molecular weight excluding hydrogens is 1810 g/mol. The number of H-pyrrole nitrogens is 8. The Morgan fingerprint density at radius 2 is 0.433 bits per heavy atom. The van der Waals surface area contributed by atoms with Crippen LogP contribution in [0.15, 0.2) is 89.5 Å². The van der Waals surface area contributed by atoms with Crippen LogP contribution >= 0.6 is 11.8 Å². The predicted molar refractivity (Wildman–Crippen MR) is 561 cm³/mol. The number of hydrogen-bond acceptors (Lipinski definition) is 27. The monoisotopic (exact) mass is 1960 g/mol. The number of hydrogen-bond donors (Lipinski definition) is 16. The fourth-order valence-corrected chi connectivity index (χ4v) is 18.2. The molecule has 0 aromatic carbocycles. The Balaban J connectivity index is 0.000000180. The van der Waals surface area contributed by atoms with Gasteiger partial charge in [0.1, 0.15) is 45.6 Å². The Morgan fingerprint density at radius 3 is 0.589 bits per heavy atom. The van der Waals surface area contributed by atoms with Crippen molar-refractivity contribution in [3.05, 3.63) is 140 Å².